The summed E-state index contributed by atoms with van der Waals surface area (Å²) in [7, 11) is -22.6. The zero-order chi connectivity index (χ0) is 78.1. The first-order valence-corrected chi connectivity index (χ1v) is 36.9. The van der Waals surface area contributed by atoms with Crippen molar-refractivity contribution in [3.05, 3.63) is 268 Å². The van der Waals surface area contributed by atoms with Gasteiger partial charge in [0, 0.05) is 42.6 Å². The van der Waals surface area contributed by atoms with Crippen molar-refractivity contribution in [1.29, 1.82) is 0 Å². The van der Waals surface area contributed by atoms with Gasteiger partial charge in [0.2, 0.25) is 0 Å². The minimum absolute atomic E-state index is 0.162. The van der Waals surface area contributed by atoms with Gasteiger partial charge in [-0.1, -0.05) is 88.5 Å². The molecule has 0 radical (unpaired) electrons. The summed E-state index contributed by atoms with van der Waals surface area (Å²) >= 11 is 0. The third-order valence-electron chi connectivity index (χ3n) is 14.4. The van der Waals surface area contributed by atoms with Crippen LogP contribution in [0, 0.1) is 92.0 Å². The Labute approximate surface area is 597 Å². The van der Waals surface area contributed by atoms with E-state index in [1.807, 2.05) is 0 Å². The van der Waals surface area contributed by atoms with E-state index in [1.54, 1.807) is 46.8 Å². The monoisotopic (exact) mass is 1580 g/mol. The number of aryl methyl sites for hydroxylation is 5. The summed E-state index contributed by atoms with van der Waals surface area (Å²) in [6.45, 7) is 2.34. The van der Waals surface area contributed by atoms with Crippen LogP contribution >= 0.6 is 0 Å². The standard InChI is InChI=1S/C33H36O12S4.C30H24F6O6S.C6H4F2O.2F2/c1-25-5-13-29(14-6-25)46(34,35)42-21-33(22-43-47(36,37)30-15-7-26(2)8-16-30,23-44-48(38,39)31-17-9-27(3)10-18-31)24-45-49(40,41)32-19-11-28(4)12-20-32;1-19-2-7-23(8-3-19)43(37,38)42-18-30(15-39-20-4-9-24(31)27(34)12-20,16-40-21-5-10-25(32)28(35)13-21)17-41-22-6-11-26(33)29(36)14-22;7-5-2-1-4(9)3-6(5)8;2*1-2/h5-20H,21-24H2,1-4H3;2-14H,15-18H2,1H3;1-3,9H;;. The number of aromatic hydroxyl groups is 1. The van der Waals surface area contributed by atoms with Crippen molar-refractivity contribution in [2.75, 3.05) is 52.9 Å². The van der Waals surface area contributed by atoms with Gasteiger partial charge in [0.05, 0.1) is 68.3 Å². The van der Waals surface area contributed by atoms with Crippen LogP contribution in [0.1, 0.15) is 27.8 Å². The summed E-state index contributed by atoms with van der Waals surface area (Å²) in [6.07, 6.45) is 0. The van der Waals surface area contributed by atoms with E-state index in [4.69, 9.17) is 58.5 Å². The van der Waals surface area contributed by atoms with E-state index in [0.29, 0.717) is 0 Å². The molecule has 0 aliphatic carbocycles. The molecular formula is C69H64F12O19S5. The minimum atomic E-state index is -4.56. The highest BCUT2D eigenvalue weighted by Crippen LogP contribution is 2.33. The fraction of sp³-hybridized carbons (Fsp3) is 0.217. The maximum Gasteiger partial charge on any atom is 0.296 e. The van der Waals surface area contributed by atoms with Crippen molar-refractivity contribution < 1.29 is 136 Å². The normalized spacial score (nSPS) is 11.8. The summed E-state index contributed by atoms with van der Waals surface area (Å²) in [5.74, 6) is -9.84. The maximum absolute atomic E-state index is 13.9. The van der Waals surface area contributed by atoms with Gasteiger partial charge in [-0.2, -0.15) is 42.1 Å². The number of benzene rings is 9. The second kappa shape index (κ2) is 38.8. The van der Waals surface area contributed by atoms with Gasteiger partial charge in [-0.15, -0.1) is 0 Å². The zero-order valence-electron chi connectivity index (χ0n) is 55.5. The number of phenols is 1. The van der Waals surface area contributed by atoms with Crippen molar-refractivity contribution in [1.82, 2.24) is 0 Å². The maximum atomic E-state index is 13.9. The van der Waals surface area contributed by atoms with Crippen molar-refractivity contribution in [3.8, 4) is 23.0 Å². The molecule has 0 fully saturated rings. The van der Waals surface area contributed by atoms with Crippen LogP contribution in [0.4, 0.5) is 53.4 Å². The predicted molar refractivity (Wildman–Crippen MR) is 354 cm³/mol. The average Bonchev–Trinajstić information content (AvgIpc) is 0.800. The van der Waals surface area contributed by atoms with Crippen LogP contribution in [0.15, 0.2) is 219 Å². The molecular weight excluding hydrogens is 1520 g/mol. The van der Waals surface area contributed by atoms with Crippen LogP contribution < -0.4 is 14.2 Å². The molecule has 0 heterocycles. The Bertz CT molecular complexity index is 4460. The summed E-state index contributed by atoms with van der Waals surface area (Å²) in [4.78, 5) is -1.23. The number of ether oxygens (including phenoxy) is 3. The van der Waals surface area contributed by atoms with Gasteiger partial charge in [0.25, 0.3) is 50.6 Å². The number of hydrogen-bond donors (Lipinski definition) is 1. The number of halogens is 12. The SMILES string of the molecule is Cc1ccc(S(=O)(=O)OCC(COS(=O)(=O)c2ccc(C)cc2)(COS(=O)(=O)c2ccc(C)cc2)COS(=O)(=O)c2ccc(C)cc2)cc1.Cc1ccc(S(=O)(=O)OCC(COc2ccc(F)c(F)c2)(COc2ccc(F)c(F)c2)COc2ccc(F)c(F)c2)cc1.FF.FF.Oc1ccc(F)c(F)c1. The molecule has 36 heteroatoms. The Balaban J connectivity index is 0.000000324. The van der Waals surface area contributed by atoms with E-state index in [1.165, 1.54) is 109 Å². The molecule has 105 heavy (non-hydrogen) atoms. The molecule has 0 bridgehead atoms. The lowest BCUT2D eigenvalue weighted by atomic mass is 9.92. The Morgan fingerprint density at radius 1 is 0.257 bits per heavy atom. The molecule has 568 valence electrons. The van der Waals surface area contributed by atoms with Crippen LogP contribution in [0.2, 0.25) is 0 Å². The molecule has 9 aromatic rings. The van der Waals surface area contributed by atoms with E-state index in [9.17, 15) is 77.2 Å². The number of hydrogen-bond acceptors (Lipinski definition) is 19. The molecule has 0 aliphatic heterocycles. The lowest BCUT2D eigenvalue weighted by Crippen LogP contribution is -2.45. The summed E-state index contributed by atoms with van der Waals surface area (Å²) in [6, 6.07) is 38.8. The highest BCUT2D eigenvalue weighted by molar-refractivity contribution is 7.87. The lowest BCUT2D eigenvalue weighted by molar-refractivity contribution is -0.00201. The van der Waals surface area contributed by atoms with E-state index >= 15 is 0 Å². The lowest BCUT2D eigenvalue weighted by Gasteiger charge is -2.32. The third-order valence-corrected chi connectivity index (χ3v) is 20.7. The molecule has 1 N–H and O–H groups in total. The van der Waals surface area contributed by atoms with Crippen LogP contribution in [0.5, 0.6) is 23.0 Å². The molecule has 0 aromatic heterocycles. The molecule has 0 atom stereocenters. The predicted octanol–water partition coefficient (Wildman–Crippen LogP) is 14.9. The molecule has 0 amide bonds. The highest BCUT2D eigenvalue weighted by Gasteiger charge is 2.41. The zero-order valence-corrected chi connectivity index (χ0v) is 59.6. The van der Waals surface area contributed by atoms with Gasteiger partial charge in [0.15, 0.2) is 46.5 Å². The smallest absolute Gasteiger partial charge is 0.296 e. The second-order valence-electron chi connectivity index (χ2n) is 22.8. The van der Waals surface area contributed by atoms with Crippen molar-refractivity contribution >= 4 is 50.6 Å². The van der Waals surface area contributed by atoms with E-state index < -0.39 is 161 Å². The summed E-state index contributed by atoms with van der Waals surface area (Å²) in [5.41, 5.74) is -0.0171. The fourth-order valence-corrected chi connectivity index (χ4v) is 13.3. The molecule has 0 saturated carbocycles. The van der Waals surface area contributed by atoms with Crippen LogP contribution in [0.25, 0.3) is 0 Å². The Morgan fingerprint density at radius 3 is 0.619 bits per heavy atom. The minimum Gasteiger partial charge on any atom is -0.508 e. The van der Waals surface area contributed by atoms with E-state index in [2.05, 4.69) is 0 Å². The first-order valence-electron chi connectivity index (χ1n) is 29.9. The molecule has 0 saturated heterocycles. The summed E-state index contributed by atoms with van der Waals surface area (Å²) < 4.78 is 314. The van der Waals surface area contributed by atoms with Crippen LogP contribution in [-0.4, -0.2) is 100 Å². The Morgan fingerprint density at radius 2 is 0.438 bits per heavy atom. The molecule has 9 rings (SSSR count). The molecule has 19 nitrogen and oxygen atoms in total. The van der Waals surface area contributed by atoms with Gasteiger partial charge >= 0.3 is 0 Å². The fourth-order valence-electron chi connectivity index (χ4n) is 8.27. The van der Waals surface area contributed by atoms with E-state index in [0.717, 1.165) is 101 Å². The van der Waals surface area contributed by atoms with Gasteiger partial charge in [-0.05, 0) is 144 Å². The number of rotatable bonds is 29. The van der Waals surface area contributed by atoms with Crippen molar-refractivity contribution in [3.63, 3.8) is 0 Å². The topological polar surface area (TPSA) is 265 Å². The molecule has 9 aromatic carbocycles. The van der Waals surface area contributed by atoms with Gasteiger partial charge in [0.1, 0.15) is 42.8 Å². The largest absolute Gasteiger partial charge is 0.508 e. The molecule has 0 aliphatic rings. The Hall–Kier alpha value is -9.11. The number of phenolic OH excluding ortho intramolecular Hbond substituents is 1. The molecule has 0 spiro atoms. The van der Waals surface area contributed by atoms with Crippen molar-refractivity contribution in [2.45, 2.75) is 59.1 Å². The van der Waals surface area contributed by atoms with Gasteiger partial charge in [-0.3, -0.25) is 20.9 Å². The van der Waals surface area contributed by atoms with Gasteiger partial charge in [-0.25, -0.2) is 35.1 Å². The molecule has 0 unspecified atom stereocenters. The van der Waals surface area contributed by atoms with Crippen LogP contribution in [0.3, 0.4) is 0 Å². The van der Waals surface area contributed by atoms with Crippen LogP contribution in [-0.2, 0) is 71.5 Å². The van der Waals surface area contributed by atoms with Gasteiger partial charge < -0.3 is 19.3 Å². The third kappa shape index (κ3) is 26.5. The second-order valence-corrected chi connectivity index (χ2v) is 30.9. The first-order chi connectivity index (χ1) is 49.4. The first kappa shape index (κ1) is 86.5. The highest BCUT2D eigenvalue weighted by atomic mass is 32.2. The summed E-state index contributed by atoms with van der Waals surface area (Å²) in [5, 5.41) is 8.53. The van der Waals surface area contributed by atoms with E-state index in [-0.39, 0.29) is 47.5 Å². The average molecular weight is 1590 g/mol. The van der Waals surface area contributed by atoms with Crippen molar-refractivity contribution in [2.24, 2.45) is 10.8 Å². The quantitative estimate of drug-likeness (QED) is 0.0337. The Kier molecular flexibility index (Phi) is 31.9.